The summed E-state index contributed by atoms with van der Waals surface area (Å²) in [5.41, 5.74) is 7.00. The number of carbonyl (C=O) groups excluding carboxylic acids is 1. The van der Waals surface area contributed by atoms with Gasteiger partial charge in [-0.1, -0.05) is 48.5 Å². The van der Waals surface area contributed by atoms with Gasteiger partial charge in [-0.3, -0.25) is 9.78 Å². The third kappa shape index (κ3) is 5.70. The highest BCUT2D eigenvalue weighted by molar-refractivity contribution is 5.81. The summed E-state index contributed by atoms with van der Waals surface area (Å²) < 4.78 is 52.5. The molecule has 1 heterocycles. The predicted molar refractivity (Wildman–Crippen MR) is 113 cm³/mol. The van der Waals surface area contributed by atoms with Crippen molar-refractivity contribution >= 4 is 5.91 Å². The molecule has 32 heavy (non-hydrogen) atoms. The first-order chi connectivity index (χ1) is 15.2. The van der Waals surface area contributed by atoms with E-state index in [1.165, 1.54) is 18.3 Å². The average Bonchev–Trinajstić information content (AvgIpc) is 2.76. The summed E-state index contributed by atoms with van der Waals surface area (Å²) in [6, 6.07) is 15.2. The zero-order valence-electron chi connectivity index (χ0n) is 17.4. The van der Waals surface area contributed by atoms with E-state index in [0.29, 0.717) is 29.7 Å². The predicted octanol–water partition coefficient (Wildman–Crippen LogP) is 4.89. The summed E-state index contributed by atoms with van der Waals surface area (Å²) >= 11 is 0. The third-order valence-electron chi connectivity index (χ3n) is 5.26. The van der Waals surface area contributed by atoms with Crippen LogP contribution in [0.2, 0.25) is 0 Å². The minimum absolute atomic E-state index is 0.338. The fourth-order valence-corrected chi connectivity index (χ4v) is 3.59. The first-order valence-electron chi connectivity index (χ1n) is 10.0. The van der Waals surface area contributed by atoms with E-state index >= 15 is 0 Å². The Hall–Kier alpha value is -3.26. The molecule has 2 atom stereocenters. The van der Waals surface area contributed by atoms with E-state index in [1.807, 2.05) is 6.07 Å². The lowest BCUT2D eigenvalue weighted by molar-refractivity contribution is -0.141. The molecule has 0 aliphatic rings. The van der Waals surface area contributed by atoms with Gasteiger partial charge >= 0.3 is 6.18 Å². The second-order valence-electron chi connectivity index (χ2n) is 7.52. The van der Waals surface area contributed by atoms with Crippen LogP contribution < -0.4 is 11.1 Å². The van der Waals surface area contributed by atoms with Crippen LogP contribution in [0.5, 0.6) is 0 Å². The van der Waals surface area contributed by atoms with Crippen LogP contribution in [-0.4, -0.2) is 17.4 Å². The number of hydrogen-bond donors (Lipinski definition) is 2. The maximum Gasteiger partial charge on any atom is 0.433 e. The van der Waals surface area contributed by atoms with Crippen molar-refractivity contribution in [2.45, 2.75) is 31.5 Å². The Balaban J connectivity index is 1.84. The van der Waals surface area contributed by atoms with Crippen LogP contribution in [0.4, 0.5) is 17.6 Å². The Morgan fingerprint density at radius 2 is 1.72 bits per heavy atom. The van der Waals surface area contributed by atoms with Crippen molar-refractivity contribution in [3.05, 3.63) is 101 Å². The summed E-state index contributed by atoms with van der Waals surface area (Å²) in [5.74, 6) is -1.27. The van der Waals surface area contributed by atoms with Crippen LogP contribution in [0.15, 0.2) is 66.9 Å². The van der Waals surface area contributed by atoms with Gasteiger partial charge in [0.25, 0.3) is 0 Å². The summed E-state index contributed by atoms with van der Waals surface area (Å²) in [5, 5.41) is 3.12. The number of nitrogens with one attached hydrogen (secondary N) is 1. The van der Waals surface area contributed by atoms with Crippen LogP contribution in [0.1, 0.15) is 46.3 Å². The number of primary amides is 1. The van der Waals surface area contributed by atoms with Gasteiger partial charge in [0.1, 0.15) is 17.6 Å². The standard InChI is InChI=1S/C24H23F4N3O/c1-15-13-17(7-9-20(15)25)19(18-8-10-21(31-14-18)24(26,27)28)11-12-30-22(23(29)32)16-5-3-2-4-6-16/h2-10,13-14,19,22,30H,11-12H2,1H3,(H2,29,32)/t19-,22+/m0/s1. The van der Waals surface area contributed by atoms with Crippen molar-refractivity contribution in [3.8, 4) is 0 Å². The minimum Gasteiger partial charge on any atom is -0.368 e. The number of rotatable bonds is 8. The molecule has 0 spiro atoms. The molecule has 0 unspecified atom stereocenters. The van der Waals surface area contributed by atoms with E-state index in [2.05, 4.69) is 10.3 Å². The Kier molecular flexibility index (Phi) is 7.25. The van der Waals surface area contributed by atoms with E-state index in [0.717, 1.165) is 11.6 Å². The van der Waals surface area contributed by atoms with E-state index in [1.54, 1.807) is 43.3 Å². The van der Waals surface area contributed by atoms with Gasteiger partial charge in [0.15, 0.2) is 0 Å². The van der Waals surface area contributed by atoms with Crippen molar-refractivity contribution in [2.75, 3.05) is 6.54 Å². The maximum atomic E-state index is 13.8. The second-order valence-corrected chi connectivity index (χ2v) is 7.52. The van der Waals surface area contributed by atoms with Crippen LogP contribution in [0, 0.1) is 12.7 Å². The fourth-order valence-electron chi connectivity index (χ4n) is 3.59. The lowest BCUT2D eigenvalue weighted by Gasteiger charge is -2.21. The molecule has 3 rings (SSSR count). The molecule has 8 heteroatoms. The molecule has 4 nitrogen and oxygen atoms in total. The summed E-state index contributed by atoms with van der Waals surface area (Å²) in [6.45, 7) is 1.96. The Labute approximate surface area is 183 Å². The van der Waals surface area contributed by atoms with Crippen molar-refractivity contribution in [1.82, 2.24) is 10.3 Å². The number of carbonyl (C=O) groups is 1. The van der Waals surface area contributed by atoms with Crippen LogP contribution in [-0.2, 0) is 11.0 Å². The SMILES string of the molecule is Cc1cc([C@H](CCN[C@@H](C(N)=O)c2ccccc2)c2ccc(C(F)(F)F)nc2)ccc1F. The molecule has 0 aliphatic carbocycles. The Morgan fingerprint density at radius 1 is 1.03 bits per heavy atom. The molecule has 0 fully saturated rings. The van der Waals surface area contributed by atoms with E-state index in [4.69, 9.17) is 5.73 Å². The smallest absolute Gasteiger partial charge is 0.368 e. The number of nitrogens with two attached hydrogens (primary N) is 1. The van der Waals surface area contributed by atoms with Gasteiger partial charge in [-0.15, -0.1) is 0 Å². The second kappa shape index (κ2) is 9.91. The molecule has 2 aromatic carbocycles. The first kappa shape index (κ1) is 23.4. The van der Waals surface area contributed by atoms with Gasteiger partial charge < -0.3 is 11.1 Å². The molecular formula is C24H23F4N3O. The van der Waals surface area contributed by atoms with Gasteiger partial charge in [0.05, 0.1) is 0 Å². The lowest BCUT2D eigenvalue weighted by Crippen LogP contribution is -2.34. The molecule has 3 aromatic rings. The molecule has 168 valence electrons. The van der Waals surface area contributed by atoms with Gasteiger partial charge in [-0.25, -0.2) is 4.39 Å². The molecule has 0 saturated heterocycles. The largest absolute Gasteiger partial charge is 0.433 e. The number of amides is 1. The number of nitrogens with zero attached hydrogens (tertiary/aromatic N) is 1. The number of aromatic nitrogens is 1. The molecule has 0 aliphatic heterocycles. The maximum absolute atomic E-state index is 13.8. The van der Waals surface area contributed by atoms with E-state index in [9.17, 15) is 22.4 Å². The highest BCUT2D eigenvalue weighted by Crippen LogP contribution is 2.32. The summed E-state index contributed by atoms with van der Waals surface area (Å²) in [4.78, 5) is 15.5. The quantitative estimate of drug-likeness (QED) is 0.486. The van der Waals surface area contributed by atoms with Crippen LogP contribution in [0.3, 0.4) is 0 Å². The zero-order chi connectivity index (χ0) is 23.3. The van der Waals surface area contributed by atoms with Gasteiger partial charge in [0, 0.05) is 12.1 Å². The highest BCUT2D eigenvalue weighted by Gasteiger charge is 2.32. The lowest BCUT2D eigenvalue weighted by atomic mass is 9.88. The normalized spacial score (nSPS) is 13.5. The van der Waals surface area contributed by atoms with Crippen molar-refractivity contribution in [1.29, 1.82) is 0 Å². The number of pyridine rings is 1. The van der Waals surface area contributed by atoms with Crippen molar-refractivity contribution in [3.63, 3.8) is 0 Å². The van der Waals surface area contributed by atoms with Crippen molar-refractivity contribution < 1.29 is 22.4 Å². The van der Waals surface area contributed by atoms with Crippen LogP contribution in [0.25, 0.3) is 0 Å². The molecule has 3 N–H and O–H groups in total. The van der Waals surface area contributed by atoms with E-state index < -0.39 is 23.8 Å². The summed E-state index contributed by atoms with van der Waals surface area (Å²) in [7, 11) is 0. The molecular weight excluding hydrogens is 422 g/mol. The van der Waals surface area contributed by atoms with Crippen molar-refractivity contribution in [2.24, 2.45) is 5.73 Å². The first-order valence-corrected chi connectivity index (χ1v) is 10.0. The minimum atomic E-state index is -4.54. The van der Waals surface area contributed by atoms with Crippen LogP contribution >= 0.6 is 0 Å². The molecule has 0 bridgehead atoms. The van der Waals surface area contributed by atoms with Gasteiger partial charge in [-0.2, -0.15) is 13.2 Å². The Morgan fingerprint density at radius 3 is 2.28 bits per heavy atom. The monoisotopic (exact) mass is 445 g/mol. The summed E-state index contributed by atoms with van der Waals surface area (Å²) in [6.07, 6.45) is -2.92. The topological polar surface area (TPSA) is 68.0 Å². The number of alkyl halides is 3. The average molecular weight is 445 g/mol. The number of halogens is 4. The molecule has 1 aromatic heterocycles. The number of hydrogen-bond acceptors (Lipinski definition) is 3. The molecule has 0 saturated carbocycles. The Bertz CT molecular complexity index is 1050. The molecule has 0 radical (unpaired) electrons. The fraction of sp³-hybridized carbons (Fsp3) is 0.250. The number of aryl methyl sites for hydroxylation is 1. The van der Waals surface area contributed by atoms with E-state index in [-0.39, 0.29) is 11.7 Å². The van der Waals surface area contributed by atoms with Gasteiger partial charge in [-0.05, 0) is 54.3 Å². The number of benzene rings is 2. The highest BCUT2D eigenvalue weighted by atomic mass is 19.4. The molecule has 1 amide bonds. The zero-order valence-corrected chi connectivity index (χ0v) is 17.4. The third-order valence-corrected chi connectivity index (χ3v) is 5.26. The van der Waals surface area contributed by atoms with Gasteiger partial charge in [0.2, 0.25) is 5.91 Å².